The SMILES string of the molecule is CCCNc1ncc(CN(C)CCCSC)s1. The van der Waals surface area contributed by atoms with Crippen molar-refractivity contribution >= 4 is 28.2 Å². The number of nitrogens with one attached hydrogen (secondary N) is 1. The molecule has 0 bridgehead atoms. The van der Waals surface area contributed by atoms with Crippen LogP contribution in [0.5, 0.6) is 0 Å². The molecule has 1 aromatic heterocycles. The average Bonchev–Trinajstić information content (AvgIpc) is 2.74. The minimum Gasteiger partial charge on any atom is -0.362 e. The summed E-state index contributed by atoms with van der Waals surface area (Å²) in [4.78, 5) is 8.09. The van der Waals surface area contributed by atoms with Crippen LogP contribution in [0.1, 0.15) is 24.6 Å². The van der Waals surface area contributed by atoms with Crippen LogP contribution >= 0.6 is 23.1 Å². The van der Waals surface area contributed by atoms with Gasteiger partial charge in [0, 0.05) is 24.2 Å². The van der Waals surface area contributed by atoms with Crippen molar-refractivity contribution in [2.45, 2.75) is 26.3 Å². The molecule has 0 aliphatic rings. The first-order chi connectivity index (χ1) is 8.26. The van der Waals surface area contributed by atoms with E-state index in [2.05, 4.69) is 35.4 Å². The molecule has 0 atom stereocenters. The number of aromatic nitrogens is 1. The molecule has 0 spiro atoms. The van der Waals surface area contributed by atoms with Gasteiger partial charge in [0.2, 0.25) is 0 Å². The Morgan fingerprint density at radius 1 is 1.53 bits per heavy atom. The normalized spacial score (nSPS) is 11.1. The molecule has 0 saturated carbocycles. The van der Waals surface area contributed by atoms with Crippen LogP contribution in [0.15, 0.2) is 6.20 Å². The molecule has 17 heavy (non-hydrogen) atoms. The van der Waals surface area contributed by atoms with Crippen molar-refractivity contribution in [3.63, 3.8) is 0 Å². The number of thioether (sulfide) groups is 1. The summed E-state index contributed by atoms with van der Waals surface area (Å²) in [6.07, 6.45) is 6.56. The zero-order valence-corrected chi connectivity index (χ0v) is 12.7. The molecule has 0 aromatic carbocycles. The van der Waals surface area contributed by atoms with Crippen LogP contribution in [-0.4, -0.2) is 42.0 Å². The van der Waals surface area contributed by atoms with E-state index in [0.717, 1.165) is 31.2 Å². The Kier molecular flexibility index (Phi) is 7.64. The Bertz CT molecular complexity index is 302. The fraction of sp³-hybridized carbons (Fsp3) is 0.750. The van der Waals surface area contributed by atoms with Gasteiger partial charge in [-0.1, -0.05) is 6.92 Å². The number of nitrogens with zero attached hydrogens (tertiary/aromatic N) is 2. The molecule has 0 aliphatic carbocycles. The second-order valence-corrected chi connectivity index (χ2v) is 6.24. The summed E-state index contributed by atoms with van der Waals surface area (Å²) in [7, 11) is 2.18. The van der Waals surface area contributed by atoms with Gasteiger partial charge in [0.05, 0.1) is 0 Å². The molecule has 0 saturated heterocycles. The first-order valence-electron chi connectivity index (χ1n) is 6.12. The summed E-state index contributed by atoms with van der Waals surface area (Å²) >= 11 is 3.69. The van der Waals surface area contributed by atoms with E-state index in [9.17, 15) is 0 Å². The summed E-state index contributed by atoms with van der Waals surface area (Å²) in [5.41, 5.74) is 0. The summed E-state index contributed by atoms with van der Waals surface area (Å²) in [5, 5.41) is 4.38. The Labute approximate surface area is 113 Å². The summed E-state index contributed by atoms with van der Waals surface area (Å²) in [5.74, 6) is 1.25. The van der Waals surface area contributed by atoms with Crippen LogP contribution < -0.4 is 5.32 Å². The third-order valence-corrected chi connectivity index (χ3v) is 4.03. The molecule has 1 heterocycles. The third-order valence-electron chi connectivity index (χ3n) is 2.39. The fourth-order valence-corrected chi connectivity index (χ4v) is 2.85. The molecule has 1 rings (SSSR count). The van der Waals surface area contributed by atoms with Crippen LogP contribution in [0.3, 0.4) is 0 Å². The molecule has 5 heteroatoms. The van der Waals surface area contributed by atoms with Gasteiger partial charge >= 0.3 is 0 Å². The van der Waals surface area contributed by atoms with Gasteiger partial charge in [-0.3, -0.25) is 0 Å². The predicted octanol–water partition coefficient (Wildman–Crippen LogP) is 3.15. The maximum Gasteiger partial charge on any atom is 0.182 e. The van der Waals surface area contributed by atoms with Crippen LogP contribution in [0.2, 0.25) is 0 Å². The van der Waals surface area contributed by atoms with Crippen molar-refractivity contribution in [1.82, 2.24) is 9.88 Å². The Morgan fingerprint density at radius 2 is 2.35 bits per heavy atom. The van der Waals surface area contributed by atoms with Crippen LogP contribution in [0, 0.1) is 0 Å². The molecular weight excluding hydrogens is 250 g/mol. The van der Waals surface area contributed by atoms with Gasteiger partial charge in [0.1, 0.15) is 0 Å². The lowest BCUT2D eigenvalue weighted by Gasteiger charge is -2.14. The molecular formula is C12H23N3S2. The van der Waals surface area contributed by atoms with Gasteiger partial charge in [-0.15, -0.1) is 11.3 Å². The highest BCUT2D eigenvalue weighted by molar-refractivity contribution is 7.98. The quantitative estimate of drug-likeness (QED) is 0.700. The zero-order chi connectivity index (χ0) is 12.5. The Hall–Kier alpha value is -0.260. The lowest BCUT2D eigenvalue weighted by molar-refractivity contribution is 0.331. The van der Waals surface area contributed by atoms with E-state index >= 15 is 0 Å². The molecule has 0 amide bonds. The highest BCUT2D eigenvalue weighted by Gasteiger charge is 2.04. The van der Waals surface area contributed by atoms with Crippen molar-refractivity contribution in [1.29, 1.82) is 0 Å². The molecule has 0 aliphatic heterocycles. The van der Waals surface area contributed by atoms with E-state index < -0.39 is 0 Å². The lowest BCUT2D eigenvalue weighted by Crippen LogP contribution is -2.18. The second-order valence-electron chi connectivity index (χ2n) is 4.14. The van der Waals surface area contributed by atoms with Crippen LogP contribution in [-0.2, 0) is 6.54 Å². The minimum atomic E-state index is 1.01. The summed E-state index contributed by atoms with van der Waals surface area (Å²) < 4.78 is 0. The van der Waals surface area contributed by atoms with Crippen LogP contribution in [0.25, 0.3) is 0 Å². The Balaban J connectivity index is 2.27. The number of thiazole rings is 1. The predicted molar refractivity (Wildman–Crippen MR) is 80.2 cm³/mol. The van der Waals surface area contributed by atoms with Gasteiger partial charge in [-0.2, -0.15) is 11.8 Å². The maximum atomic E-state index is 4.38. The number of hydrogen-bond donors (Lipinski definition) is 1. The number of hydrogen-bond acceptors (Lipinski definition) is 5. The number of anilines is 1. The lowest BCUT2D eigenvalue weighted by atomic mass is 10.4. The van der Waals surface area contributed by atoms with Crippen LogP contribution in [0.4, 0.5) is 5.13 Å². The smallest absolute Gasteiger partial charge is 0.182 e. The van der Waals surface area contributed by atoms with Crippen molar-refractivity contribution in [3.8, 4) is 0 Å². The molecule has 98 valence electrons. The topological polar surface area (TPSA) is 28.2 Å². The van der Waals surface area contributed by atoms with Crippen molar-refractivity contribution < 1.29 is 0 Å². The van der Waals surface area contributed by atoms with Crippen molar-refractivity contribution in [3.05, 3.63) is 11.1 Å². The standard InChI is InChI=1S/C12H23N3S2/c1-4-6-13-12-14-9-11(17-12)10-15(2)7-5-8-16-3/h9H,4-8,10H2,1-3H3,(H,13,14). The fourth-order valence-electron chi connectivity index (χ4n) is 1.52. The van der Waals surface area contributed by atoms with E-state index in [0.29, 0.717) is 0 Å². The Morgan fingerprint density at radius 3 is 3.06 bits per heavy atom. The van der Waals surface area contributed by atoms with Crippen molar-refractivity contribution in [2.24, 2.45) is 0 Å². The highest BCUT2D eigenvalue weighted by atomic mass is 32.2. The highest BCUT2D eigenvalue weighted by Crippen LogP contribution is 2.19. The third kappa shape index (κ3) is 6.29. The van der Waals surface area contributed by atoms with E-state index in [1.165, 1.54) is 17.1 Å². The van der Waals surface area contributed by atoms with Gasteiger partial charge in [0.25, 0.3) is 0 Å². The van der Waals surface area contributed by atoms with Crippen molar-refractivity contribution in [2.75, 3.05) is 37.5 Å². The molecule has 3 nitrogen and oxygen atoms in total. The van der Waals surface area contributed by atoms with Gasteiger partial charge in [0.15, 0.2) is 5.13 Å². The monoisotopic (exact) mass is 273 g/mol. The zero-order valence-electron chi connectivity index (χ0n) is 11.0. The van der Waals surface area contributed by atoms with Gasteiger partial charge < -0.3 is 10.2 Å². The molecule has 1 aromatic rings. The van der Waals surface area contributed by atoms with E-state index in [-0.39, 0.29) is 0 Å². The number of rotatable bonds is 9. The molecule has 1 N–H and O–H groups in total. The van der Waals surface area contributed by atoms with Gasteiger partial charge in [-0.25, -0.2) is 4.98 Å². The summed E-state index contributed by atoms with van der Waals surface area (Å²) in [6, 6.07) is 0. The molecule has 0 fully saturated rings. The largest absolute Gasteiger partial charge is 0.362 e. The van der Waals surface area contributed by atoms with E-state index in [1.807, 2.05) is 18.0 Å². The average molecular weight is 273 g/mol. The van der Waals surface area contributed by atoms with E-state index in [4.69, 9.17) is 0 Å². The first-order valence-corrected chi connectivity index (χ1v) is 8.33. The minimum absolute atomic E-state index is 1.01. The summed E-state index contributed by atoms with van der Waals surface area (Å²) in [6.45, 7) is 5.36. The molecule has 0 radical (unpaired) electrons. The first kappa shape index (κ1) is 14.8. The second kappa shape index (κ2) is 8.78. The van der Waals surface area contributed by atoms with Gasteiger partial charge in [-0.05, 0) is 38.4 Å². The van der Waals surface area contributed by atoms with E-state index in [1.54, 1.807) is 11.3 Å². The maximum absolute atomic E-state index is 4.38. The molecule has 0 unspecified atom stereocenters.